The van der Waals surface area contributed by atoms with E-state index in [1.165, 1.54) is 0 Å². The maximum Gasteiger partial charge on any atom is 0.318 e. The average Bonchev–Trinajstić information content (AvgIpc) is 2.81. The highest BCUT2D eigenvalue weighted by Gasteiger charge is 2.17. The Morgan fingerprint density at radius 3 is 2.58 bits per heavy atom. The van der Waals surface area contributed by atoms with Crippen LogP contribution in [0.15, 0.2) is 4.42 Å². The minimum absolute atomic E-state index is 0.00176. The van der Waals surface area contributed by atoms with Gasteiger partial charge < -0.3 is 19.5 Å². The second kappa shape index (κ2) is 7.08. The third-order valence-electron chi connectivity index (χ3n) is 2.59. The highest BCUT2D eigenvalue weighted by atomic mass is 16.4. The highest BCUT2D eigenvalue weighted by Crippen LogP contribution is 2.12. The van der Waals surface area contributed by atoms with E-state index < -0.39 is 0 Å². The summed E-state index contributed by atoms with van der Waals surface area (Å²) in [5.41, 5.74) is 0. The van der Waals surface area contributed by atoms with E-state index in [9.17, 15) is 4.79 Å². The molecule has 1 heterocycles. The molecule has 1 rings (SSSR count). The Morgan fingerprint density at radius 2 is 2.05 bits per heavy atom. The number of hydrogen-bond acceptors (Lipinski definition) is 6. The fourth-order valence-electron chi connectivity index (χ4n) is 1.35. The molecule has 0 fully saturated rings. The summed E-state index contributed by atoms with van der Waals surface area (Å²) in [6.07, 6.45) is 0. The Balaban J connectivity index is 2.64. The summed E-state index contributed by atoms with van der Waals surface area (Å²) < 4.78 is 5.54. The second-order valence-corrected chi connectivity index (χ2v) is 4.82. The lowest BCUT2D eigenvalue weighted by atomic mass is 10.4. The number of nitrogens with zero attached hydrogens (tertiary/aromatic N) is 4. The van der Waals surface area contributed by atoms with E-state index in [2.05, 4.69) is 15.5 Å². The fraction of sp³-hybridized carbons (Fsp3) is 0.750. The van der Waals surface area contributed by atoms with Crippen LogP contribution in [0.2, 0.25) is 0 Å². The predicted octanol–water partition coefficient (Wildman–Crippen LogP) is 0.482. The summed E-state index contributed by atoms with van der Waals surface area (Å²) in [4.78, 5) is 15.0. The van der Waals surface area contributed by atoms with Crippen molar-refractivity contribution < 1.29 is 9.21 Å². The van der Waals surface area contributed by atoms with Gasteiger partial charge in [0.15, 0.2) is 0 Å². The van der Waals surface area contributed by atoms with Gasteiger partial charge >= 0.3 is 6.01 Å². The van der Waals surface area contributed by atoms with Crippen LogP contribution in [-0.4, -0.2) is 54.2 Å². The number of rotatable bonds is 7. The van der Waals surface area contributed by atoms with E-state index in [-0.39, 0.29) is 12.5 Å². The van der Waals surface area contributed by atoms with Crippen LogP contribution in [-0.2, 0) is 11.3 Å². The van der Waals surface area contributed by atoms with E-state index in [4.69, 9.17) is 4.42 Å². The predicted molar refractivity (Wildman–Crippen MR) is 72.9 cm³/mol. The first kappa shape index (κ1) is 15.4. The van der Waals surface area contributed by atoms with Crippen LogP contribution in [0.3, 0.4) is 0 Å². The number of hydrogen-bond donors (Lipinski definition) is 1. The highest BCUT2D eigenvalue weighted by molar-refractivity contribution is 5.80. The third-order valence-corrected chi connectivity index (χ3v) is 2.59. The van der Waals surface area contributed by atoms with Crippen LogP contribution in [0.1, 0.15) is 26.7 Å². The Bertz CT molecular complexity index is 403. The standard InChI is InChI=1S/C12H23N5O2/c1-6-17(8-11(18)16(4)5)12-15-14-10(19-12)7-13-9(2)3/h9,13H,6-8H2,1-5H3. The summed E-state index contributed by atoms with van der Waals surface area (Å²) in [6.45, 7) is 7.45. The first-order valence-electron chi connectivity index (χ1n) is 6.44. The number of carbonyl (C=O) groups excluding carboxylic acids is 1. The van der Waals surface area contributed by atoms with Gasteiger partial charge in [-0.1, -0.05) is 18.9 Å². The van der Waals surface area contributed by atoms with E-state index in [0.717, 1.165) is 0 Å². The van der Waals surface area contributed by atoms with Crippen LogP contribution in [0.25, 0.3) is 0 Å². The number of carbonyl (C=O) groups is 1. The van der Waals surface area contributed by atoms with E-state index in [0.29, 0.717) is 31.0 Å². The van der Waals surface area contributed by atoms with Crippen molar-refractivity contribution >= 4 is 11.9 Å². The molecular weight excluding hydrogens is 246 g/mol. The maximum atomic E-state index is 11.7. The van der Waals surface area contributed by atoms with Crippen molar-refractivity contribution in [2.24, 2.45) is 0 Å². The van der Waals surface area contributed by atoms with Crippen LogP contribution < -0.4 is 10.2 Å². The molecular formula is C12H23N5O2. The minimum Gasteiger partial charge on any atom is -0.407 e. The van der Waals surface area contributed by atoms with Crippen molar-refractivity contribution in [2.75, 3.05) is 32.1 Å². The molecule has 1 aromatic rings. The Labute approximate surface area is 114 Å². The Hall–Kier alpha value is -1.63. The number of likely N-dealkylation sites (N-methyl/N-ethyl adjacent to an activating group) is 2. The number of anilines is 1. The van der Waals surface area contributed by atoms with Gasteiger partial charge in [-0.15, -0.1) is 5.10 Å². The Morgan fingerprint density at radius 1 is 1.37 bits per heavy atom. The van der Waals surface area contributed by atoms with Crippen molar-refractivity contribution in [3.05, 3.63) is 5.89 Å². The molecule has 7 nitrogen and oxygen atoms in total. The first-order valence-corrected chi connectivity index (χ1v) is 6.44. The van der Waals surface area contributed by atoms with Crippen LogP contribution in [0.5, 0.6) is 0 Å². The molecule has 0 spiro atoms. The zero-order valence-corrected chi connectivity index (χ0v) is 12.3. The van der Waals surface area contributed by atoms with Gasteiger partial charge in [0, 0.05) is 26.7 Å². The third kappa shape index (κ3) is 4.86. The van der Waals surface area contributed by atoms with E-state index >= 15 is 0 Å². The maximum absolute atomic E-state index is 11.7. The van der Waals surface area contributed by atoms with E-state index in [1.807, 2.05) is 20.8 Å². The van der Waals surface area contributed by atoms with Gasteiger partial charge in [0.2, 0.25) is 11.8 Å². The zero-order chi connectivity index (χ0) is 14.4. The van der Waals surface area contributed by atoms with Crippen molar-refractivity contribution in [1.29, 1.82) is 0 Å². The van der Waals surface area contributed by atoms with Crippen molar-refractivity contribution in [2.45, 2.75) is 33.4 Å². The molecule has 0 saturated carbocycles. The second-order valence-electron chi connectivity index (χ2n) is 4.82. The molecule has 0 aliphatic carbocycles. The fourth-order valence-corrected chi connectivity index (χ4v) is 1.35. The quantitative estimate of drug-likeness (QED) is 0.776. The lowest BCUT2D eigenvalue weighted by molar-refractivity contribution is -0.127. The molecule has 0 unspecified atom stereocenters. The molecule has 1 amide bonds. The Kier molecular flexibility index (Phi) is 5.75. The largest absolute Gasteiger partial charge is 0.407 e. The van der Waals surface area contributed by atoms with Gasteiger partial charge in [-0.2, -0.15) is 0 Å². The molecule has 19 heavy (non-hydrogen) atoms. The SMILES string of the molecule is CCN(CC(=O)N(C)C)c1nnc(CNC(C)C)o1. The van der Waals surface area contributed by atoms with Crippen LogP contribution in [0, 0.1) is 0 Å². The number of nitrogens with one attached hydrogen (secondary N) is 1. The van der Waals surface area contributed by atoms with Gasteiger partial charge in [0.1, 0.15) is 6.54 Å². The van der Waals surface area contributed by atoms with Crippen LogP contribution >= 0.6 is 0 Å². The molecule has 0 aromatic carbocycles. The molecule has 0 aliphatic heterocycles. The summed E-state index contributed by atoms with van der Waals surface area (Å²) in [5.74, 6) is 0.529. The summed E-state index contributed by atoms with van der Waals surface area (Å²) in [7, 11) is 3.45. The first-order chi connectivity index (χ1) is 8.93. The summed E-state index contributed by atoms with van der Waals surface area (Å²) >= 11 is 0. The molecule has 7 heteroatoms. The van der Waals surface area contributed by atoms with Gasteiger partial charge in [-0.3, -0.25) is 4.79 Å². The molecule has 1 N–H and O–H groups in total. The molecule has 1 aromatic heterocycles. The molecule has 0 bridgehead atoms. The minimum atomic E-state index is 0.00176. The van der Waals surface area contributed by atoms with Crippen molar-refractivity contribution in [1.82, 2.24) is 20.4 Å². The summed E-state index contributed by atoms with van der Waals surface area (Å²) in [5, 5.41) is 11.1. The number of aromatic nitrogens is 2. The number of amides is 1. The molecule has 0 aliphatic rings. The monoisotopic (exact) mass is 269 g/mol. The lowest BCUT2D eigenvalue weighted by Gasteiger charge is -2.19. The van der Waals surface area contributed by atoms with Gasteiger partial charge in [-0.05, 0) is 6.92 Å². The van der Waals surface area contributed by atoms with Crippen molar-refractivity contribution in [3.63, 3.8) is 0 Å². The zero-order valence-electron chi connectivity index (χ0n) is 12.3. The average molecular weight is 269 g/mol. The molecule has 0 atom stereocenters. The van der Waals surface area contributed by atoms with Gasteiger partial charge in [0.25, 0.3) is 0 Å². The topological polar surface area (TPSA) is 74.5 Å². The van der Waals surface area contributed by atoms with Crippen LogP contribution in [0.4, 0.5) is 6.01 Å². The molecule has 0 saturated heterocycles. The molecule has 108 valence electrons. The summed E-state index contributed by atoms with van der Waals surface area (Å²) in [6, 6.07) is 0.742. The smallest absolute Gasteiger partial charge is 0.318 e. The van der Waals surface area contributed by atoms with Gasteiger partial charge in [0.05, 0.1) is 6.54 Å². The van der Waals surface area contributed by atoms with Gasteiger partial charge in [-0.25, -0.2) is 0 Å². The van der Waals surface area contributed by atoms with Crippen molar-refractivity contribution in [3.8, 4) is 0 Å². The lowest BCUT2D eigenvalue weighted by Crippen LogP contribution is -2.36. The normalized spacial score (nSPS) is 10.8. The van der Waals surface area contributed by atoms with E-state index in [1.54, 1.807) is 23.9 Å². The molecule has 0 radical (unpaired) electrons.